The van der Waals surface area contributed by atoms with E-state index in [4.69, 9.17) is 0 Å². The summed E-state index contributed by atoms with van der Waals surface area (Å²) in [7, 11) is -2.09. The lowest BCUT2D eigenvalue weighted by atomic mass is 10.1. The standard InChI is InChI=1S/C16H18FNO2S/c1-12-8-13(2)10-14(9-12)11-18(3)21(19,20)16-6-4-15(17)5-7-16/h4-10H,11H2,1-3H3. The zero-order valence-corrected chi connectivity index (χ0v) is 13.1. The number of hydrogen-bond acceptors (Lipinski definition) is 2. The Balaban J connectivity index is 2.26. The van der Waals surface area contributed by atoms with Crippen molar-refractivity contribution in [1.82, 2.24) is 4.31 Å². The quantitative estimate of drug-likeness (QED) is 0.869. The molecule has 5 heteroatoms. The summed E-state index contributed by atoms with van der Waals surface area (Å²) >= 11 is 0. The number of aryl methyl sites for hydroxylation is 2. The Morgan fingerprint density at radius 1 is 1.00 bits per heavy atom. The molecule has 0 radical (unpaired) electrons. The van der Waals surface area contributed by atoms with Crippen molar-refractivity contribution in [3.05, 3.63) is 65.0 Å². The third-order valence-corrected chi connectivity index (χ3v) is 5.03. The highest BCUT2D eigenvalue weighted by atomic mass is 32.2. The average molecular weight is 307 g/mol. The molecule has 0 fully saturated rings. The van der Waals surface area contributed by atoms with Gasteiger partial charge in [0.1, 0.15) is 5.82 Å². The van der Waals surface area contributed by atoms with E-state index in [-0.39, 0.29) is 11.4 Å². The third kappa shape index (κ3) is 3.68. The van der Waals surface area contributed by atoms with Crippen LogP contribution < -0.4 is 0 Å². The smallest absolute Gasteiger partial charge is 0.207 e. The first-order chi connectivity index (χ1) is 9.79. The van der Waals surface area contributed by atoms with Crippen molar-refractivity contribution in [3.63, 3.8) is 0 Å². The van der Waals surface area contributed by atoms with Crippen LogP contribution in [-0.2, 0) is 16.6 Å². The second-order valence-electron chi connectivity index (χ2n) is 5.21. The van der Waals surface area contributed by atoms with E-state index in [1.54, 1.807) is 0 Å². The molecule has 3 nitrogen and oxygen atoms in total. The average Bonchev–Trinajstić information content (AvgIpc) is 2.37. The van der Waals surface area contributed by atoms with Crippen LogP contribution in [0, 0.1) is 19.7 Å². The van der Waals surface area contributed by atoms with Gasteiger partial charge in [-0.05, 0) is 43.7 Å². The van der Waals surface area contributed by atoms with Crippen LogP contribution in [0.4, 0.5) is 4.39 Å². The lowest BCUT2D eigenvalue weighted by Crippen LogP contribution is -2.26. The molecule has 0 heterocycles. The summed E-state index contributed by atoms with van der Waals surface area (Å²) in [6, 6.07) is 10.8. The highest BCUT2D eigenvalue weighted by Gasteiger charge is 2.20. The Kier molecular flexibility index (Phi) is 4.44. The Hall–Kier alpha value is -1.72. The fraction of sp³-hybridized carbons (Fsp3) is 0.250. The van der Waals surface area contributed by atoms with Gasteiger partial charge in [0.05, 0.1) is 4.90 Å². The summed E-state index contributed by atoms with van der Waals surface area (Å²) in [6.07, 6.45) is 0. The molecule has 2 aromatic rings. The molecule has 21 heavy (non-hydrogen) atoms. The molecular weight excluding hydrogens is 289 g/mol. The van der Waals surface area contributed by atoms with Crippen LogP contribution in [0.25, 0.3) is 0 Å². The predicted molar refractivity (Wildman–Crippen MR) is 81.0 cm³/mol. The molecule has 0 aliphatic heterocycles. The molecular formula is C16H18FNO2S. The van der Waals surface area contributed by atoms with Crippen molar-refractivity contribution in [2.75, 3.05) is 7.05 Å². The van der Waals surface area contributed by atoms with E-state index in [2.05, 4.69) is 0 Å². The van der Waals surface area contributed by atoms with Crippen molar-refractivity contribution < 1.29 is 12.8 Å². The van der Waals surface area contributed by atoms with Crippen molar-refractivity contribution in [2.24, 2.45) is 0 Å². The maximum atomic E-state index is 12.9. The van der Waals surface area contributed by atoms with Crippen LogP contribution in [-0.4, -0.2) is 19.8 Å². The van der Waals surface area contributed by atoms with Gasteiger partial charge in [0.2, 0.25) is 10.0 Å². The first kappa shape index (κ1) is 15.7. The molecule has 0 unspecified atom stereocenters. The monoisotopic (exact) mass is 307 g/mol. The molecule has 2 aromatic carbocycles. The molecule has 0 atom stereocenters. The van der Waals surface area contributed by atoms with E-state index in [0.29, 0.717) is 0 Å². The van der Waals surface area contributed by atoms with Gasteiger partial charge in [-0.25, -0.2) is 12.8 Å². The van der Waals surface area contributed by atoms with Gasteiger partial charge in [0, 0.05) is 13.6 Å². The SMILES string of the molecule is Cc1cc(C)cc(CN(C)S(=O)(=O)c2ccc(F)cc2)c1. The number of rotatable bonds is 4. The maximum absolute atomic E-state index is 12.9. The Labute approximate surface area is 125 Å². The van der Waals surface area contributed by atoms with E-state index in [0.717, 1.165) is 28.8 Å². The molecule has 0 bridgehead atoms. The molecule has 0 aliphatic carbocycles. The predicted octanol–water partition coefficient (Wildman–Crippen LogP) is 3.26. The Morgan fingerprint density at radius 3 is 2.05 bits per heavy atom. The molecule has 0 amide bonds. The number of benzene rings is 2. The van der Waals surface area contributed by atoms with Gasteiger partial charge in [0.25, 0.3) is 0 Å². The zero-order valence-electron chi connectivity index (χ0n) is 12.3. The molecule has 0 aromatic heterocycles. The highest BCUT2D eigenvalue weighted by molar-refractivity contribution is 7.89. The summed E-state index contributed by atoms with van der Waals surface area (Å²) in [6.45, 7) is 4.23. The van der Waals surface area contributed by atoms with Gasteiger partial charge in [-0.2, -0.15) is 4.31 Å². The van der Waals surface area contributed by atoms with Crippen LogP contribution >= 0.6 is 0 Å². The van der Waals surface area contributed by atoms with Crippen LogP contribution in [0.3, 0.4) is 0 Å². The van der Waals surface area contributed by atoms with E-state index < -0.39 is 15.8 Å². The van der Waals surface area contributed by atoms with Crippen LogP contribution in [0.2, 0.25) is 0 Å². The van der Waals surface area contributed by atoms with Gasteiger partial charge in [-0.3, -0.25) is 0 Å². The summed E-state index contributed by atoms with van der Waals surface area (Å²) < 4.78 is 39.0. The van der Waals surface area contributed by atoms with Crippen LogP contribution in [0.5, 0.6) is 0 Å². The third-order valence-electron chi connectivity index (χ3n) is 3.21. The van der Waals surface area contributed by atoms with E-state index >= 15 is 0 Å². The second kappa shape index (κ2) is 5.95. The van der Waals surface area contributed by atoms with Crippen LogP contribution in [0.1, 0.15) is 16.7 Å². The highest BCUT2D eigenvalue weighted by Crippen LogP contribution is 2.18. The summed E-state index contributed by atoms with van der Waals surface area (Å²) in [5, 5.41) is 0. The molecule has 0 spiro atoms. The fourth-order valence-electron chi connectivity index (χ4n) is 2.29. The number of nitrogens with zero attached hydrogens (tertiary/aromatic N) is 1. The van der Waals surface area contributed by atoms with Crippen molar-refractivity contribution in [1.29, 1.82) is 0 Å². The van der Waals surface area contributed by atoms with E-state index in [9.17, 15) is 12.8 Å². The maximum Gasteiger partial charge on any atom is 0.243 e. The number of sulfonamides is 1. The van der Waals surface area contributed by atoms with Gasteiger partial charge >= 0.3 is 0 Å². The lowest BCUT2D eigenvalue weighted by Gasteiger charge is -2.18. The zero-order chi connectivity index (χ0) is 15.6. The molecule has 112 valence electrons. The molecule has 2 rings (SSSR count). The summed E-state index contributed by atoms with van der Waals surface area (Å²) in [5.74, 6) is -0.453. The summed E-state index contributed by atoms with van der Waals surface area (Å²) in [4.78, 5) is 0.0933. The topological polar surface area (TPSA) is 37.4 Å². The van der Waals surface area contributed by atoms with Crippen molar-refractivity contribution in [2.45, 2.75) is 25.3 Å². The van der Waals surface area contributed by atoms with Gasteiger partial charge < -0.3 is 0 Å². The Bertz CT molecular complexity index is 719. The largest absolute Gasteiger partial charge is 0.243 e. The minimum absolute atomic E-state index is 0.0933. The molecule has 0 N–H and O–H groups in total. The summed E-state index contributed by atoms with van der Waals surface area (Å²) in [5.41, 5.74) is 3.12. The van der Waals surface area contributed by atoms with Gasteiger partial charge in [-0.1, -0.05) is 29.3 Å². The number of halogens is 1. The minimum atomic E-state index is -3.61. The second-order valence-corrected chi connectivity index (χ2v) is 7.26. The first-order valence-corrected chi connectivity index (χ1v) is 8.02. The first-order valence-electron chi connectivity index (χ1n) is 6.58. The fourth-order valence-corrected chi connectivity index (χ4v) is 3.45. The lowest BCUT2D eigenvalue weighted by molar-refractivity contribution is 0.466. The molecule has 0 aliphatic rings. The van der Waals surface area contributed by atoms with Crippen molar-refractivity contribution >= 4 is 10.0 Å². The van der Waals surface area contributed by atoms with E-state index in [1.807, 2.05) is 32.0 Å². The van der Waals surface area contributed by atoms with Gasteiger partial charge in [-0.15, -0.1) is 0 Å². The molecule has 0 saturated heterocycles. The van der Waals surface area contributed by atoms with Crippen molar-refractivity contribution in [3.8, 4) is 0 Å². The molecule has 0 saturated carbocycles. The Morgan fingerprint density at radius 2 is 1.52 bits per heavy atom. The van der Waals surface area contributed by atoms with E-state index in [1.165, 1.54) is 23.5 Å². The van der Waals surface area contributed by atoms with Gasteiger partial charge in [0.15, 0.2) is 0 Å². The normalized spacial score (nSPS) is 11.9. The minimum Gasteiger partial charge on any atom is -0.207 e. The van der Waals surface area contributed by atoms with Crippen LogP contribution in [0.15, 0.2) is 47.4 Å². The number of hydrogen-bond donors (Lipinski definition) is 0.